The predicted octanol–water partition coefficient (Wildman–Crippen LogP) is 1.83. The molecule has 21 heavy (non-hydrogen) atoms. The molecule has 5 heteroatoms. The molecule has 1 atom stereocenters. The number of anilines is 1. The Morgan fingerprint density at radius 3 is 2.67 bits per heavy atom. The fourth-order valence-corrected chi connectivity index (χ4v) is 2.26. The van der Waals surface area contributed by atoms with Crippen LogP contribution in [0, 0.1) is 0 Å². The summed E-state index contributed by atoms with van der Waals surface area (Å²) in [5, 5.41) is 3.02. The molecule has 3 N–H and O–H groups in total. The molecule has 0 radical (unpaired) electrons. The maximum absolute atomic E-state index is 11.9. The number of carbonyl (C=O) groups is 1. The number of rotatable bonds is 9. The zero-order valence-corrected chi connectivity index (χ0v) is 13.4. The van der Waals surface area contributed by atoms with Crippen molar-refractivity contribution < 1.29 is 4.79 Å². The minimum atomic E-state index is 0.0163. The van der Waals surface area contributed by atoms with Gasteiger partial charge in [0.1, 0.15) is 0 Å². The number of hydrogen-bond acceptors (Lipinski definition) is 4. The zero-order valence-electron chi connectivity index (χ0n) is 13.4. The highest BCUT2D eigenvalue weighted by molar-refractivity contribution is 5.78. The van der Waals surface area contributed by atoms with Crippen molar-refractivity contribution in [3.05, 3.63) is 24.0 Å². The maximum Gasteiger partial charge on any atom is 0.226 e. The van der Waals surface area contributed by atoms with Crippen LogP contribution >= 0.6 is 0 Å². The number of nitrogen functional groups attached to an aromatic ring is 1. The van der Waals surface area contributed by atoms with Gasteiger partial charge in [0.15, 0.2) is 0 Å². The lowest BCUT2D eigenvalue weighted by atomic mass is 10.1. The van der Waals surface area contributed by atoms with E-state index in [0.717, 1.165) is 38.2 Å². The third kappa shape index (κ3) is 7.09. The van der Waals surface area contributed by atoms with Crippen molar-refractivity contribution in [3.63, 3.8) is 0 Å². The Morgan fingerprint density at radius 1 is 1.38 bits per heavy atom. The van der Waals surface area contributed by atoms with E-state index in [2.05, 4.69) is 36.0 Å². The van der Waals surface area contributed by atoms with Crippen LogP contribution in [0.25, 0.3) is 0 Å². The molecule has 0 aliphatic carbocycles. The third-order valence-electron chi connectivity index (χ3n) is 3.60. The van der Waals surface area contributed by atoms with E-state index in [0.29, 0.717) is 12.1 Å². The largest absolute Gasteiger partial charge is 0.397 e. The fourth-order valence-electron chi connectivity index (χ4n) is 2.26. The smallest absolute Gasteiger partial charge is 0.226 e. The van der Waals surface area contributed by atoms with Crippen molar-refractivity contribution in [2.75, 3.05) is 25.4 Å². The summed E-state index contributed by atoms with van der Waals surface area (Å²) in [7, 11) is 0. The molecule has 0 bridgehead atoms. The van der Waals surface area contributed by atoms with Crippen LogP contribution in [0.5, 0.6) is 0 Å². The lowest BCUT2D eigenvalue weighted by molar-refractivity contribution is -0.121. The van der Waals surface area contributed by atoms with Crippen molar-refractivity contribution in [2.45, 2.75) is 46.1 Å². The second-order valence-electron chi connectivity index (χ2n) is 5.40. The molecule has 1 rings (SSSR count). The van der Waals surface area contributed by atoms with E-state index in [-0.39, 0.29) is 11.9 Å². The van der Waals surface area contributed by atoms with Crippen LogP contribution in [-0.2, 0) is 11.2 Å². The molecule has 1 unspecified atom stereocenters. The molecule has 0 aliphatic rings. The first-order valence-electron chi connectivity index (χ1n) is 7.77. The SMILES string of the molecule is CCN(CC)CCCC(C)NC(=O)Cc1ccc(N)cn1. The van der Waals surface area contributed by atoms with Crippen molar-refractivity contribution in [3.8, 4) is 0 Å². The Balaban J connectivity index is 2.25. The number of nitrogens with two attached hydrogens (primary N) is 1. The van der Waals surface area contributed by atoms with Crippen molar-refractivity contribution in [1.29, 1.82) is 0 Å². The van der Waals surface area contributed by atoms with Gasteiger partial charge in [-0.3, -0.25) is 9.78 Å². The zero-order chi connectivity index (χ0) is 15.7. The van der Waals surface area contributed by atoms with Crippen molar-refractivity contribution in [1.82, 2.24) is 15.2 Å². The van der Waals surface area contributed by atoms with Gasteiger partial charge in [-0.15, -0.1) is 0 Å². The quantitative estimate of drug-likeness (QED) is 0.728. The first kappa shape index (κ1) is 17.4. The number of hydrogen-bond donors (Lipinski definition) is 2. The lowest BCUT2D eigenvalue weighted by Crippen LogP contribution is -2.34. The van der Waals surface area contributed by atoms with Crippen molar-refractivity contribution >= 4 is 11.6 Å². The molecule has 0 aromatic carbocycles. The summed E-state index contributed by atoms with van der Waals surface area (Å²) in [6.45, 7) is 9.66. The van der Waals surface area contributed by atoms with Gasteiger partial charge in [0.05, 0.1) is 18.3 Å². The summed E-state index contributed by atoms with van der Waals surface area (Å²) in [6.07, 6.45) is 3.98. The van der Waals surface area contributed by atoms with Gasteiger partial charge in [-0.05, 0) is 51.5 Å². The normalized spacial score (nSPS) is 12.4. The number of nitrogens with one attached hydrogen (secondary N) is 1. The fraction of sp³-hybridized carbons (Fsp3) is 0.625. The highest BCUT2D eigenvalue weighted by Gasteiger charge is 2.09. The Morgan fingerprint density at radius 2 is 2.10 bits per heavy atom. The minimum Gasteiger partial charge on any atom is -0.397 e. The van der Waals surface area contributed by atoms with E-state index < -0.39 is 0 Å². The molecule has 1 amide bonds. The highest BCUT2D eigenvalue weighted by Crippen LogP contribution is 2.03. The van der Waals surface area contributed by atoms with Gasteiger partial charge in [-0.1, -0.05) is 13.8 Å². The molecule has 1 aromatic rings. The molecule has 118 valence electrons. The maximum atomic E-state index is 11.9. The highest BCUT2D eigenvalue weighted by atomic mass is 16.1. The molecule has 0 saturated heterocycles. The van der Waals surface area contributed by atoms with Crippen LogP contribution in [0.15, 0.2) is 18.3 Å². The Hall–Kier alpha value is -1.62. The van der Waals surface area contributed by atoms with E-state index in [1.807, 2.05) is 0 Å². The number of aromatic nitrogens is 1. The number of amides is 1. The van der Waals surface area contributed by atoms with Gasteiger partial charge in [0.25, 0.3) is 0 Å². The van der Waals surface area contributed by atoms with E-state index in [1.54, 1.807) is 18.3 Å². The molecule has 1 heterocycles. The van der Waals surface area contributed by atoms with Crippen molar-refractivity contribution in [2.24, 2.45) is 0 Å². The van der Waals surface area contributed by atoms with E-state index >= 15 is 0 Å². The second-order valence-corrected chi connectivity index (χ2v) is 5.40. The lowest BCUT2D eigenvalue weighted by Gasteiger charge is -2.19. The average molecular weight is 292 g/mol. The summed E-state index contributed by atoms with van der Waals surface area (Å²) < 4.78 is 0. The predicted molar refractivity (Wildman–Crippen MR) is 87.0 cm³/mol. The van der Waals surface area contributed by atoms with E-state index in [1.165, 1.54) is 0 Å². The average Bonchev–Trinajstić information content (AvgIpc) is 2.46. The summed E-state index contributed by atoms with van der Waals surface area (Å²) in [5.41, 5.74) is 6.94. The Bertz CT molecular complexity index is 415. The molecule has 5 nitrogen and oxygen atoms in total. The van der Waals surface area contributed by atoms with Crippen LogP contribution in [-0.4, -0.2) is 41.5 Å². The van der Waals surface area contributed by atoms with E-state index in [9.17, 15) is 4.79 Å². The molecule has 0 spiro atoms. The van der Waals surface area contributed by atoms with Gasteiger partial charge >= 0.3 is 0 Å². The van der Waals surface area contributed by atoms with Gasteiger partial charge in [-0.25, -0.2) is 0 Å². The van der Waals surface area contributed by atoms with Crippen LogP contribution in [0.1, 0.15) is 39.3 Å². The first-order valence-corrected chi connectivity index (χ1v) is 7.77. The summed E-state index contributed by atoms with van der Waals surface area (Å²) in [6, 6.07) is 3.75. The standard InChI is InChI=1S/C16H28N4O/c1-4-20(5-2)10-6-7-13(3)19-16(21)11-15-9-8-14(17)12-18-15/h8-9,12-13H,4-7,10-11,17H2,1-3H3,(H,19,21). The van der Waals surface area contributed by atoms with Gasteiger partial charge in [0, 0.05) is 11.7 Å². The third-order valence-corrected chi connectivity index (χ3v) is 3.60. The van der Waals surface area contributed by atoms with E-state index in [4.69, 9.17) is 5.73 Å². The van der Waals surface area contributed by atoms with Crippen LogP contribution < -0.4 is 11.1 Å². The monoisotopic (exact) mass is 292 g/mol. The number of carbonyl (C=O) groups excluding carboxylic acids is 1. The summed E-state index contributed by atoms with van der Waals surface area (Å²) >= 11 is 0. The minimum absolute atomic E-state index is 0.0163. The van der Waals surface area contributed by atoms with Crippen LogP contribution in [0.2, 0.25) is 0 Å². The summed E-state index contributed by atoms with van der Waals surface area (Å²) in [5.74, 6) is 0.0163. The Kier molecular flexibility index (Phi) is 7.75. The Labute approximate surface area is 127 Å². The van der Waals surface area contributed by atoms with Gasteiger partial charge in [0.2, 0.25) is 5.91 Å². The van der Waals surface area contributed by atoms with Crippen LogP contribution in [0.4, 0.5) is 5.69 Å². The number of pyridine rings is 1. The molecule has 1 aromatic heterocycles. The molecule has 0 aliphatic heterocycles. The summed E-state index contributed by atoms with van der Waals surface area (Å²) in [4.78, 5) is 18.5. The second kappa shape index (κ2) is 9.34. The van der Waals surface area contributed by atoms with Gasteiger partial charge in [-0.2, -0.15) is 0 Å². The first-order chi connectivity index (χ1) is 10.0. The topological polar surface area (TPSA) is 71.2 Å². The molecular formula is C16H28N4O. The van der Waals surface area contributed by atoms with Crippen LogP contribution in [0.3, 0.4) is 0 Å². The molecule has 0 fully saturated rings. The molecular weight excluding hydrogens is 264 g/mol. The molecule has 0 saturated carbocycles. The van der Waals surface area contributed by atoms with Gasteiger partial charge < -0.3 is 16.0 Å². The number of nitrogens with zero attached hydrogens (tertiary/aromatic N) is 2.